The summed E-state index contributed by atoms with van der Waals surface area (Å²) >= 11 is 0. The summed E-state index contributed by atoms with van der Waals surface area (Å²) in [7, 11) is 0. The van der Waals surface area contributed by atoms with Crippen LogP contribution in [0, 0.1) is 29.1 Å². The fraction of sp³-hybridized carbons (Fsp3) is 1.00. The molecule has 74 valence electrons. The maximum atomic E-state index is 3.58. The van der Waals surface area contributed by atoms with Crippen LogP contribution in [0.3, 0.4) is 0 Å². The topological polar surface area (TPSA) is 12.0 Å². The lowest BCUT2D eigenvalue weighted by Crippen LogP contribution is -2.59. The average molecular weight is 179 g/mol. The number of rotatable bonds is 0. The summed E-state index contributed by atoms with van der Waals surface area (Å²) in [5.74, 6) is 4.22. The molecule has 2 bridgehead atoms. The molecule has 4 rings (SSSR count). The van der Waals surface area contributed by atoms with Crippen molar-refractivity contribution in [1.29, 1.82) is 0 Å². The van der Waals surface area contributed by atoms with Gasteiger partial charge in [0.15, 0.2) is 0 Å². The van der Waals surface area contributed by atoms with E-state index in [1.54, 1.807) is 0 Å². The van der Waals surface area contributed by atoms with Gasteiger partial charge in [-0.25, -0.2) is 0 Å². The summed E-state index contributed by atoms with van der Waals surface area (Å²) in [6, 6.07) is 0. The van der Waals surface area contributed by atoms with E-state index in [2.05, 4.69) is 19.2 Å². The van der Waals surface area contributed by atoms with Crippen LogP contribution in [0.15, 0.2) is 0 Å². The average Bonchev–Trinajstić information content (AvgIpc) is 2.16. The van der Waals surface area contributed by atoms with Gasteiger partial charge in [-0.1, -0.05) is 13.8 Å². The van der Waals surface area contributed by atoms with Gasteiger partial charge in [0.05, 0.1) is 0 Å². The van der Waals surface area contributed by atoms with Crippen molar-refractivity contribution < 1.29 is 0 Å². The van der Waals surface area contributed by atoms with Gasteiger partial charge >= 0.3 is 0 Å². The molecule has 1 heteroatoms. The standard InChI is InChI=1S/C12H21N/c1-12(2)9-5-8-3-4-13-7-10(8)11(12)6-9/h8-11,13H,3-7H2,1-2H3/t8?,9-,10?,11-/m0/s1. The molecule has 3 saturated carbocycles. The van der Waals surface area contributed by atoms with Crippen LogP contribution in [-0.2, 0) is 0 Å². The van der Waals surface area contributed by atoms with E-state index < -0.39 is 0 Å². The summed E-state index contributed by atoms with van der Waals surface area (Å²) in [5.41, 5.74) is 0.681. The smallest absolute Gasteiger partial charge is 0.00150 e. The Hall–Kier alpha value is -0.0400. The monoisotopic (exact) mass is 179 g/mol. The van der Waals surface area contributed by atoms with Crippen LogP contribution in [0.5, 0.6) is 0 Å². The van der Waals surface area contributed by atoms with E-state index in [1.807, 2.05) is 0 Å². The zero-order chi connectivity index (χ0) is 9.05. The minimum atomic E-state index is 0.681. The predicted octanol–water partition coefficient (Wildman–Crippen LogP) is 2.28. The molecule has 2 unspecified atom stereocenters. The van der Waals surface area contributed by atoms with Crippen LogP contribution in [0.25, 0.3) is 0 Å². The lowest BCUT2D eigenvalue weighted by Gasteiger charge is -2.63. The highest BCUT2D eigenvalue weighted by Gasteiger charge is 2.57. The van der Waals surface area contributed by atoms with Gasteiger partial charge in [-0.3, -0.25) is 0 Å². The molecule has 0 aromatic carbocycles. The zero-order valence-corrected chi connectivity index (χ0v) is 8.84. The van der Waals surface area contributed by atoms with Gasteiger partial charge in [-0.05, 0) is 61.4 Å². The molecular weight excluding hydrogens is 158 g/mol. The van der Waals surface area contributed by atoms with Crippen LogP contribution in [0.2, 0.25) is 0 Å². The molecule has 0 aromatic heterocycles. The van der Waals surface area contributed by atoms with Gasteiger partial charge < -0.3 is 5.32 Å². The van der Waals surface area contributed by atoms with Crippen molar-refractivity contribution in [3.63, 3.8) is 0 Å². The van der Waals surface area contributed by atoms with Gasteiger partial charge in [0, 0.05) is 0 Å². The van der Waals surface area contributed by atoms with E-state index >= 15 is 0 Å². The van der Waals surface area contributed by atoms with Crippen LogP contribution < -0.4 is 5.32 Å². The largest absolute Gasteiger partial charge is 0.316 e. The van der Waals surface area contributed by atoms with Crippen LogP contribution >= 0.6 is 0 Å². The summed E-state index contributed by atoms with van der Waals surface area (Å²) in [6.07, 6.45) is 4.53. The first-order valence-electron chi connectivity index (χ1n) is 5.90. The second-order valence-corrected chi connectivity index (χ2v) is 6.01. The Morgan fingerprint density at radius 2 is 2.08 bits per heavy atom. The first kappa shape index (κ1) is 8.28. The highest BCUT2D eigenvalue weighted by molar-refractivity contribution is 5.07. The van der Waals surface area contributed by atoms with Crippen molar-refractivity contribution in [3.8, 4) is 0 Å². The van der Waals surface area contributed by atoms with E-state index in [0.717, 1.165) is 23.7 Å². The Balaban J connectivity index is 1.83. The molecule has 0 amide bonds. The van der Waals surface area contributed by atoms with Crippen molar-refractivity contribution in [2.75, 3.05) is 13.1 Å². The van der Waals surface area contributed by atoms with Gasteiger partial charge in [0.25, 0.3) is 0 Å². The van der Waals surface area contributed by atoms with E-state index in [0.29, 0.717) is 5.41 Å². The van der Waals surface area contributed by atoms with Crippen molar-refractivity contribution in [2.45, 2.75) is 33.1 Å². The van der Waals surface area contributed by atoms with Crippen LogP contribution in [0.1, 0.15) is 33.1 Å². The molecule has 1 aliphatic heterocycles. The third-order valence-electron chi connectivity index (χ3n) is 5.33. The first-order valence-corrected chi connectivity index (χ1v) is 5.90. The zero-order valence-electron chi connectivity index (χ0n) is 8.84. The predicted molar refractivity (Wildman–Crippen MR) is 54.5 cm³/mol. The Bertz CT molecular complexity index is 221. The Morgan fingerprint density at radius 3 is 2.85 bits per heavy atom. The minimum absolute atomic E-state index is 0.681. The van der Waals surface area contributed by atoms with Crippen molar-refractivity contribution in [3.05, 3.63) is 0 Å². The van der Waals surface area contributed by atoms with Crippen LogP contribution in [-0.4, -0.2) is 13.1 Å². The summed E-state index contributed by atoms with van der Waals surface area (Å²) in [6.45, 7) is 7.58. The molecule has 1 heterocycles. The maximum Gasteiger partial charge on any atom is -0.00150 e. The second-order valence-electron chi connectivity index (χ2n) is 6.01. The van der Waals surface area contributed by atoms with Crippen molar-refractivity contribution in [2.24, 2.45) is 29.1 Å². The summed E-state index contributed by atoms with van der Waals surface area (Å²) < 4.78 is 0. The van der Waals surface area contributed by atoms with E-state index in [9.17, 15) is 0 Å². The van der Waals surface area contributed by atoms with E-state index in [1.165, 1.54) is 32.4 Å². The third-order valence-corrected chi connectivity index (χ3v) is 5.33. The summed E-state index contributed by atoms with van der Waals surface area (Å²) in [4.78, 5) is 0. The lowest BCUT2D eigenvalue weighted by atomic mass is 9.42. The minimum Gasteiger partial charge on any atom is -0.316 e. The molecule has 1 nitrogen and oxygen atoms in total. The molecular formula is C12H21N. The molecule has 13 heavy (non-hydrogen) atoms. The van der Waals surface area contributed by atoms with Gasteiger partial charge in [-0.15, -0.1) is 0 Å². The second kappa shape index (κ2) is 2.50. The SMILES string of the molecule is CC1(C)[C@H]2CC3CCNCC3[C@@H]1C2. The highest BCUT2D eigenvalue weighted by atomic mass is 14.9. The molecule has 4 fully saturated rings. The Morgan fingerprint density at radius 1 is 1.23 bits per heavy atom. The Labute approximate surface area is 81.3 Å². The quantitative estimate of drug-likeness (QED) is 0.601. The number of piperidine rings is 1. The molecule has 0 spiro atoms. The van der Waals surface area contributed by atoms with Crippen molar-refractivity contribution in [1.82, 2.24) is 5.32 Å². The Kier molecular flexibility index (Phi) is 1.59. The van der Waals surface area contributed by atoms with Gasteiger partial charge in [-0.2, -0.15) is 0 Å². The van der Waals surface area contributed by atoms with Crippen molar-refractivity contribution >= 4 is 0 Å². The maximum absolute atomic E-state index is 3.58. The molecule has 4 atom stereocenters. The molecule has 1 N–H and O–H groups in total. The van der Waals surface area contributed by atoms with Gasteiger partial charge in [0.1, 0.15) is 0 Å². The first-order chi connectivity index (χ1) is 6.19. The number of nitrogens with one attached hydrogen (secondary N) is 1. The van der Waals surface area contributed by atoms with E-state index in [-0.39, 0.29) is 0 Å². The molecule has 0 aromatic rings. The van der Waals surface area contributed by atoms with Gasteiger partial charge in [0.2, 0.25) is 0 Å². The fourth-order valence-electron chi connectivity index (χ4n) is 4.25. The van der Waals surface area contributed by atoms with Crippen LogP contribution in [0.4, 0.5) is 0 Å². The number of hydrogen-bond donors (Lipinski definition) is 1. The van der Waals surface area contributed by atoms with E-state index in [4.69, 9.17) is 0 Å². The third kappa shape index (κ3) is 0.971. The summed E-state index contributed by atoms with van der Waals surface area (Å²) in [5, 5.41) is 3.58. The fourth-order valence-corrected chi connectivity index (χ4v) is 4.25. The lowest BCUT2D eigenvalue weighted by molar-refractivity contribution is -0.140. The highest BCUT2D eigenvalue weighted by Crippen LogP contribution is 2.63. The molecule has 0 radical (unpaired) electrons. The molecule has 4 aliphatic rings. The normalized spacial score (nSPS) is 52.2. The number of hydrogen-bond acceptors (Lipinski definition) is 1. The molecule has 1 saturated heterocycles. The molecule has 3 aliphatic carbocycles.